The maximum atomic E-state index is 14.6. The van der Waals surface area contributed by atoms with Gasteiger partial charge in [-0.15, -0.1) is 0 Å². The summed E-state index contributed by atoms with van der Waals surface area (Å²) in [6, 6.07) is 7.79. The Balaban J connectivity index is 1.81. The second-order valence-corrected chi connectivity index (χ2v) is 8.51. The molecule has 0 bridgehead atoms. The number of hydrogen-bond acceptors (Lipinski definition) is 5. The van der Waals surface area contributed by atoms with Crippen molar-refractivity contribution in [2.24, 2.45) is 0 Å². The molecule has 1 aromatic heterocycles. The first-order chi connectivity index (χ1) is 13.5. The highest BCUT2D eigenvalue weighted by molar-refractivity contribution is 7.10. The van der Waals surface area contributed by atoms with Gasteiger partial charge < -0.3 is 15.4 Å². The average Bonchev–Trinajstić information content (AvgIpc) is 3.39. The van der Waals surface area contributed by atoms with Crippen molar-refractivity contribution in [2.45, 2.75) is 38.6 Å². The average molecular weight is 396 g/mol. The fourth-order valence-corrected chi connectivity index (χ4v) is 5.20. The Hall–Kier alpha value is -2.60. The molecule has 144 valence electrons. The summed E-state index contributed by atoms with van der Waals surface area (Å²) in [6.07, 6.45) is 4.19. The molecule has 0 amide bonds. The Morgan fingerprint density at radius 2 is 1.86 bits per heavy atom. The van der Waals surface area contributed by atoms with Crippen LogP contribution >= 0.6 is 11.5 Å². The van der Waals surface area contributed by atoms with Gasteiger partial charge in [-0.1, -0.05) is 12.1 Å². The van der Waals surface area contributed by atoms with Crippen LogP contribution < -0.4 is 15.4 Å². The second kappa shape index (κ2) is 6.21. The molecule has 4 nitrogen and oxygen atoms in total. The molecule has 1 aliphatic carbocycles. The smallest absolute Gasteiger partial charge is 0.145 e. The molecule has 1 aliphatic heterocycles. The fourth-order valence-electron chi connectivity index (χ4n) is 4.33. The second-order valence-electron chi connectivity index (χ2n) is 7.73. The highest BCUT2D eigenvalue weighted by Crippen LogP contribution is 2.56. The van der Waals surface area contributed by atoms with Gasteiger partial charge in [0, 0.05) is 35.5 Å². The molecule has 28 heavy (non-hydrogen) atoms. The number of nitrogens with two attached hydrogens (primary N) is 1. The van der Waals surface area contributed by atoms with Crippen LogP contribution in [0.25, 0.3) is 0 Å². The van der Waals surface area contributed by atoms with Crippen LogP contribution in [0, 0.1) is 19.7 Å². The fraction of sp³-hybridized carbons (Fsp3) is 0.318. The summed E-state index contributed by atoms with van der Waals surface area (Å²) in [6.45, 7) is 4.04. The zero-order valence-electron chi connectivity index (χ0n) is 16.1. The van der Waals surface area contributed by atoms with Gasteiger partial charge >= 0.3 is 0 Å². The van der Waals surface area contributed by atoms with Gasteiger partial charge in [-0.25, -0.2) is 4.39 Å². The van der Waals surface area contributed by atoms with Gasteiger partial charge in [-0.2, -0.15) is 4.37 Å². The standard InChI is InChI=1S/C22H22FN3OS/c1-11-6-13(7-12(2)20(11)24)19-16-8-14(23)9-18(27-3)21(16)26(15-4-5-15)22-17(19)10-25-28-22/h6-10,15,19H,4-5,24H2,1-3H3. The maximum absolute atomic E-state index is 14.6. The van der Waals surface area contributed by atoms with E-state index in [1.54, 1.807) is 13.2 Å². The van der Waals surface area contributed by atoms with E-state index in [4.69, 9.17) is 10.5 Å². The molecule has 0 spiro atoms. The third kappa shape index (κ3) is 2.51. The lowest BCUT2D eigenvalue weighted by atomic mass is 9.81. The minimum Gasteiger partial charge on any atom is -0.494 e. The number of nitrogen functional groups attached to an aromatic ring is 1. The Kier molecular flexibility index (Phi) is 3.88. The first kappa shape index (κ1) is 17.5. The largest absolute Gasteiger partial charge is 0.494 e. The van der Waals surface area contributed by atoms with E-state index in [0.717, 1.165) is 57.0 Å². The minimum atomic E-state index is -0.285. The number of ether oxygens (including phenoxy) is 1. The van der Waals surface area contributed by atoms with E-state index >= 15 is 0 Å². The predicted octanol–water partition coefficient (Wildman–Crippen LogP) is 5.28. The van der Waals surface area contributed by atoms with Crippen molar-refractivity contribution in [3.8, 4) is 5.75 Å². The molecule has 2 heterocycles. The van der Waals surface area contributed by atoms with Crippen LogP contribution in [0.5, 0.6) is 5.75 Å². The third-order valence-electron chi connectivity index (χ3n) is 5.81. The number of aromatic nitrogens is 1. The summed E-state index contributed by atoms with van der Waals surface area (Å²) in [7, 11) is 1.61. The van der Waals surface area contributed by atoms with Crippen molar-refractivity contribution in [3.63, 3.8) is 0 Å². The van der Waals surface area contributed by atoms with E-state index in [0.29, 0.717) is 11.8 Å². The Morgan fingerprint density at radius 1 is 1.14 bits per heavy atom. The van der Waals surface area contributed by atoms with E-state index in [9.17, 15) is 4.39 Å². The minimum absolute atomic E-state index is 0.0960. The van der Waals surface area contributed by atoms with Crippen molar-refractivity contribution in [1.29, 1.82) is 0 Å². The number of aryl methyl sites for hydroxylation is 2. The first-order valence-electron chi connectivity index (χ1n) is 9.47. The molecule has 1 saturated carbocycles. The van der Waals surface area contributed by atoms with E-state index in [-0.39, 0.29) is 11.7 Å². The lowest BCUT2D eigenvalue weighted by Gasteiger charge is -2.36. The van der Waals surface area contributed by atoms with E-state index in [1.807, 2.05) is 20.0 Å². The normalized spacial score (nSPS) is 18.0. The summed E-state index contributed by atoms with van der Waals surface area (Å²) >= 11 is 1.50. The van der Waals surface area contributed by atoms with Crippen LogP contribution in [-0.2, 0) is 0 Å². The first-order valence-corrected chi connectivity index (χ1v) is 10.2. The number of rotatable bonds is 3. The van der Waals surface area contributed by atoms with E-state index in [1.165, 1.54) is 17.6 Å². The monoisotopic (exact) mass is 395 g/mol. The Morgan fingerprint density at radius 3 is 2.50 bits per heavy atom. The zero-order valence-corrected chi connectivity index (χ0v) is 16.9. The molecular weight excluding hydrogens is 373 g/mol. The molecular formula is C22H22FN3OS. The molecule has 0 radical (unpaired) electrons. The Labute approximate surface area is 167 Å². The lowest BCUT2D eigenvalue weighted by molar-refractivity contribution is 0.410. The summed E-state index contributed by atoms with van der Waals surface area (Å²) in [5.74, 6) is 0.197. The number of fused-ring (bicyclic) bond motifs is 2. The van der Waals surface area contributed by atoms with E-state index in [2.05, 4.69) is 21.4 Å². The number of methoxy groups -OCH3 is 1. The Bertz CT molecular complexity index is 1070. The zero-order chi connectivity index (χ0) is 19.6. The summed E-state index contributed by atoms with van der Waals surface area (Å²) < 4.78 is 24.7. The lowest BCUT2D eigenvalue weighted by Crippen LogP contribution is -2.27. The van der Waals surface area contributed by atoms with Crippen molar-refractivity contribution in [2.75, 3.05) is 17.7 Å². The van der Waals surface area contributed by atoms with Gasteiger partial charge in [0.25, 0.3) is 0 Å². The van der Waals surface area contributed by atoms with Gasteiger partial charge in [-0.3, -0.25) is 0 Å². The van der Waals surface area contributed by atoms with Crippen molar-refractivity contribution in [1.82, 2.24) is 4.37 Å². The highest BCUT2D eigenvalue weighted by atomic mass is 32.1. The topological polar surface area (TPSA) is 51.4 Å². The van der Waals surface area contributed by atoms with Crippen molar-refractivity contribution < 1.29 is 9.13 Å². The number of nitrogens with zero attached hydrogens (tertiary/aromatic N) is 2. The quantitative estimate of drug-likeness (QED) is 0.613. The van der Waals surface area contributed by atoms with Crippen LogP contribution in [0.15, 0.2) is 30.5 Å². The summed E-state index contributed by atoms with van der Waals surface area (Å²) in [4.78, 5) is 2.31. The van der Waals surface area contributed by atoms with Gasteiger partial charge in [0.1, 0.15) is 16.6 Å². The SMILES string of the molecule is COc1cc(F)cc2c1N(C1CC1)c1sncc1C2c1cc(C)c(N)c(C)c1. The summed E-state index contributed by atoms with van der Waals surface area (Å²) in [5, 5.41) is 1.14. The van der Waals surface area contributed by atoms with Crippen molar-refractivity contribution in [3.05, 3.63) is 64.1 Å². The predicted molar refractivity (Wildman–Crippen MR) is 112 cm³/mol. The van der Waals surface area contributed by atoms with Gasteiger partial charge in [0.05, 0.1) is 12.8 Å². The molecule has 0 saturated heterocycles. The van der Waals surface area contributed by atoms with Crippen LogP contribution in [0.4, 0.5) is 20.8 Å². The molecule has 2 aromatic carbocycles. The van der Waals surface area contributed by atoms with Crippen LogP contribution in [0.2, 0.25) is 0 Å². The number of hydrogen-bond donors (Lipinski definition) is 1. The van der Waals surface area contributed by atoms with Gasteiger partial charge in [0.15, 0.2) is 0 Å². The molecule has 3 aromatic rings. The van der Waals surface area contributed by atoms with Crippen LogP contribution in [0.1, 0.15) is 46.6 Å². The van der Waals surface area contributed by atoms with Crippen LogP contribution in [0.3, 0.4) is 0 Å². The number of anilines is 3. The molecule has 5 rings (SSSR count). The molecule has 6 heteroatoms. The molecule has 2 aliphatic rings. The summed E-state index contributed by atoms with van der Waals surface area (Å²) in [5.41, 5.74) is 13.2. The third-order valence-corrected chi connectivity index (χ3v) is 6.63. The van der Waals surface area contributed by atoms with Crippen LogP contribution in [-0.4, -0.2) is 17.5 Å². The number of halogens is 1. The molecule has 1 fully saturated rings. The maximum Gasteiger partial charge on any atom is 0.145 e. The van der Waals surface area contributed by atoms with Gasteiger partial charge in [0.2, 0.25) is 0 Å². The highest BCUT2D eigenvalue weighted by Gasteiger charge is 2.42. The van der Waals surface area contributed by atoms with Crippen molar-refractivity contribution >= 4 is 27.9 Å². The van der Waals surface area contributed by atoms with E-state index < -0.39 is 0 Å². The molecule has 2 N–H and O–H groups in total. The molecule has 1 atom stereocenters. The van der Waals surface area contributed by atoms with Gasteiger partial charge in [-0.05, 0) is 66.5 Å². The number of benzene rings is 2. The molecule has 1 unspecified atom stereocenters.